The third-order valence-corrected chi connectivity index (χ3v) is 4.20. The van der Waals surface area contributed by atoms with Crippen LogP contribution in [0.1, 0.15) is 33.0 Å². The molecule has 5 heteroatoms. The van der Waals surface area contributed by atoms with Crippen LogP contribution in [0.2, 0.25) is 0 Å². The quantitative estimate of drug-likeness (QED) is 0.393. The number of hydrogen-bond acceptors (Lipinski definition) is 4. The Labute approximate surface area is 122 Å². The Balaban J connectivity index is 2.09. The van der Waals surface area contributed by atoms with Crippen molar-refractivity contribution in [3.63, 3.8) is 0 Å². The van der Waals surface area contributed by atoms with Crippen molar-refractivity contribution < 1.29 is 9.21 Å². The molecule has 0 saturated carbocycles. The molecule has 0 saturated heterocycles. The number of aryl methyl sites for hydroxylation is 3. The number of carbonyl (C=O) groups excluding carboxylic acids is 1. The highest BCUT2D eigenvalue weighted by Gasteiger charge is 2.14. The van der Waals surface area contributed by atoms with Crippen molar-refractivity contribution in [3.8, 4) is 0 Å². The molecule has 0 unspecified atom stereocenters. The third-order valence-electron chi connectivity index (χ3n) is 3.01. The third kappa shape index (κ3) is 3.23. The molecule has 20 heavy (non-hydrogen) atoms. The molecule has 0 aliphatic heterocycles. The van der Waals surface area contributed by atoms with Gasteiger partial charge in [-0.1, -0.05) is 17.7 Å². The summed E-state index contributed by atoms with van der Waals surface area (Å²) in [7, 11) is 0. The van der Waals surface area contributed by atoms with Crippen molar-refractivity contribution in [2.24, 2.45) is 5.84 Å². The first-order valence-electron chi connectivity index (χ1n) is 6.31. The van der Waals surface area contributed by atoms with Gasteiger partial charge in [0.1, 0.15) is 5.76 Å². The molecule has 1 aromatic heterocycles. The summed E-state index contributed by atoms with van der Waals surface area (Å²) in [6.07, 6.45) is 0. The predicted molar refractivity (Wildman–Crippen MR) is 80.6 cm³/mol. The lowest BCUT2D eigenvalue weighted by atomic mass is 10.2. The minimum Gasteiger partial charge on any atom is -0.455 e. The molecule has 0 spiro atoms. The van der Waals surface area contributed by atoms with Crippen LogP contribution in [0.4, 0.5) is 0 Å². The van der Waals surface area contributed by atoms with Gasteiger partial charge < -0.3 is 4.42 Å². The van der Waals surface area contributed by atoms with E-state index in [-0.39, 0.29) is 5.76 Å². The minimum absolute atomic E-state index is 0.281. The molecule has 2 aromatic rings. The first-order chi connectivity index (χ1) is 9.51. The van der Waals surface area contributed by atoms with E-state index in [2.05, 4.69) is 37.5 Å². The van der Waals surface area contributed by atoms with Gasteiger partial charge in [0, 0.05) is 10.5 Å². The van der Waals surface area contributed by atoms with Crippen LogP contribution >= 0.6 is 11.8 Å². The Bertz CT molecular complexity index is 635. The van der Waals surface area contributed by atoms with Crippen molar-refractivity contribution in [2.75, 3.05) is 0 Å². The van der Waals surface area contributed by atoms with Crippen LogP contribution in [0.3, 0.4) is 0 Å². The highest BCUT2D eigenvalue weighted by molar-refractivity contribution is 7.98. The van der Waals surface area contributed by atoms with Gasteiger partial charge in [-0.3, -0.25) is 10.2 Å². The van der Waals surface area contributed by atoms with Gasteiger partial charge in [-0.15, -0.1) is 11.8 Å². The number of nitrogen functional groups attached to an aromatic ring is 1. The van der Waals surface area contributed by atoms with Crippen LogP contribution in [-0.4, -0.2) is 5.91 Å². The summed E-state index contributed by atoms with van der Waals surface area (Å²) in [5.74, 6) is 6.45. The molecule has 0 atom stereocenters. The van der Waals surface area contributed by atoms with E-state index in [4.69, 9.17) is 10.3 Å². The monoisotopic (exact) mass is 290 g/mol. The van der Waals surface area contributed by atoms with E-state index in [1.54, 1.807) is 11.8 Å². The van der Waals surface area contributed by atoms with Gasteiger partial charge in [-0.2, -0.15) is 0 Å². The van der Waals surface area contributed by atoms with Crippen LogP contribution in [0, 0.1) is 20.8 Å². The minimum atomic E-state index is -0.398. The largest absolute Gasteiger partial charge is 0.455 e. The van der Waals surface area contributed by atoms with Crippen molar-refractivity contribution in [2.45, 2.75) is 31.4 Å². The smallest absolute Gasteiger partial charge is 0.301 e. The molecular weight excluding hydrogens is 272 g/mol. The summed E-state index contributed by atoms with van der Waals surface area (Å²) in [5.41, 5.74) is 5.38. The Morgan fingerprint density at radius 1 is 1.25 bits per heavy atom. The van der Waals surface area contributed by atoms with Crippen LogP contribution in [0.5, 0.6) is 0 Å². The molecule has 1 heterocycles. The Hall–Kier alpha value is -1.72. The summed E-state index contributed by atoms with van der Waals surface area (Å²) in [4.78, 5) is 12.7. The van der Waals surface area contributed by atoms with E-state index in [0.29, 0.717) is 5.75 Å². The fraction of sp³-hybridized carbons (Fsp3) is 0.267. The van der Waals surface area contributed by atoms with E-state index >= 15 is 0 Å². The number of amides is 1. The standard InChI is InChI=1S/C15H18N2O2S/c1-9-4-5-13(10(2)6-9)20-8-12-7-11(3)14(19-12)15(18)17-16/h4-7H,8,16H2,1-3H3,(H,17,18). The lowest BCUT2D eigenvalue weighted by Crippen LogP contribution is -2.30. The van der Waals surface area contributed by atoms with Crippen LogP contribution in [0.25, 0.3) is 0 Å². The molecule has 1 amide bonds. The fourth-order valence-electron chi connectivity index (χ4n) is 2.02. The number of carbonyl (C=O) groups is 1. The topological polar surface area (TPSA) is 68.3 Å². The number of hydrazine groups is 1. The number of hydrogen-bond donors (Lipinski definition) is 2. The number of furan rings is 1. The number of thioether (sulfide) groups is 1. The fourth-order valence-corrected chi connectivity index (χ4v) is 2.91. The second kappa shape index (κ2) is 6.15. The van der Waals surface area contributed by atoms with Gasteiger partial charge in [0.25, 0.3) is 0 Å². The van der Waals surface area contributed by atoms with Crippen molar-refractivity contribution in [1.82, 2.24) is 5.43 Å². The second-order valence-electron chi connectivity index (χ2n) is 4.76. The zero-order chi connectivity index (χ0) is 14.7. The first kappa shape index (κ1) is 14.7. The molecule has 2 rings (SSSR count). The van der Waals surface area contributed by atoms with Gasteiger partial charge in [0.15, 0.2) is 5.76 Å². The van der Waals surface area contributed by atoms with Crippen molar-refractivity contribution in [3.05, 3.63) is 52.5 Å². The predicted octanol–water partition coefficient (Wildman–Crippen LogP) is 3.10. The maximum Gasteiger partial charge on any atom is 0.301 e. The summed E-state index contributed by atoms with van der Waals surface area (Å²) in [6.45, 7) is 6.00. The van der Waals surface area contributed by atoms with E-state index in [1.165, 1.54) is 16.0 Å². The molecule has 4 nitrogen and oxygen atoms in total. The maximum atomic E-state index is 11.5. The van der Waals surface area contributed by atoms with Crippen molar-refractivity contribution >= 4 is 17.7 Å². The molecule has 0 fully saturated rings. The van der Waals surface area contributed by atoms with Crippen LogP contribution in [-0.2, 0) is 5.75 Å². The van der Waals surface area contributed by atoms with Gasteiger partial charge in [0.2, 0.25) is 0 Å². The molecule has 0 aliphatic carbocycles. The van der Waals surface area contributed by atoms with E-state index < -0.39 is 5.91 Å². The molecular formula is C15H18N2O2S. The Morgan fingerprint density at radius 2 is 2.00 bits per heavy atom. The van der Waals surface area contributed by atoms with Gasteiger partial charge in [0.05, 0.1) is 5.75 Å². The molecule has 3 N–H and O–H groups in total. The molecule has 1 aromatic carbocycles. The number of nitrogens with one attached hydrogen (secondary N) is 1. The SMILES string of the molecule is Cc1ccc(SCc2cc(C)c(C(=O)NN)o2)c(C)c1. The number of rotatable bonds is 4. The van der Waals surface area contributed by atoms with Crippen LogP contribution < -0.4 is 11.3 Å². The zero-order valence-electron chi connectivity index (χ0n) is 11.8. The average Bonchev–Trinajstić information content (AvgIpc) is 2.78. The molecule has 0 radical (unpaired) electrons. The van der Waals surface area contributed by atoms with E-state index in [1.807, 2.05) is 13.0 Å². The zero-order valence-corrected chi connectivity index (χ0v) is 12.6. The van der Waals surface area contributed by atoms with E-state index in [0.717, 1.165) is 11.3 Å². The van der Waals surface area contributed by atoms with E-state index in [9.17, 15) is 4.79 Å². The highest BCUT2D eigenvalue weighted by atomic mass is 32.2. The normalized spacial score (nSPS) is 10.6. The maximum absolute atomic E-state index is 11.5. The summed E-state index contributed by atoms with van der Waals surface area (Å²) < 4.78 is 5.54. The Kier molecular flexibility index (Phi) is 4.52. The summed E-state index contributed by atoms with van der Waals surface area (Å²) in [5, 5.41) is 0. The van der Waals surface area contributed by atoms with Gasteiger partial charge >= 0.3 is 5.91 Å². The second-order valence-corrected chi connectivity index (χ2v) is 5.77. The molecule has 106 valence electrons. The molecule has 0 bridgehead atoms. The van der Waals surface area contributed by atoms with Crippen LogP contribution in [0.15, 0.2) is 33.6 Å². The number of nitrogens with two attached hydrogens (primary N) is 1. The Morgan fingerprint density at radius 3 is 2.65 bits per heavy atom. The van der Waals surface area contributed by atoms with Gasteiger partial charge in [-0.25, -0.2) is 5.84 Å². The average molecular weight is 290 g/mol. The number of benzene rings is 1. The summed E-state index contributed by atoms with van der Waals surface area (Å²) in [6, 6.07) is 8.23. The molecule has 0 aliphatic rings. The van der Waals surface area contributed by atoms with Gasteiger partial charge in [-0.05, 0) is 38.5 Å². The summed E-state index contributed by atoms with van der Waals surface area (Å²) >= 11 is 1.69. The highest BCUT2D eigenvalue weighted by Crippen LogP contribution is 2.28. The van der Waals surface area contributed by atoms with Crippen molar-refractivity contribution in [1.29, 1.82) is 0 Å². The lowest BCUT2D eigenvalue weighted by molar-refractivity contribution is 0.0923. The lowest BCUT2D eigenvalue weighted by Gasteiger charge is -2.05. The first-order valence-corrected chi connectivity index (χ1v) is 7.30.